The van der Waals surface area contributed by atoms with Gasteiger partial charge < -0.3 is 14.3 Å². The van der Waals surface area contributed by atoms with Gasteiger partial charge in [0.25, 0.3) is 0 Å². The van der Waals surface area contributed by atoms with Crippen molar-refractivity contribution in [2.75, 3.05) is 7.11 Å². The molecular formula is C17H15ClO3. The highest BCUT2D eigenvalue weighted by Gasteiger charge is 2.19. The minimum Gasteiger partial charge on any atom is -0.456 e. The first-order valence-electron chi connectivity index (χ1n) is 6.63. The van der Waals surface area contributed by atoms with Crippen LogP contribution < -0.4 is 0 Å². The Labute approximate surface area is 127 Å². The fourth-order valence-corrected chi connectivity index (χ4v) is 2.64. The Hall–Kier alpha value is -1.81. The Bertz CT molecular complexity index is 764. The maximum Gasteiger partial charge on any atom is 0.153 e. The van der Waals surface area contributed by atoms with Gasteiger partial charge in [0.1, 0.15) is 11.9 Å². The second-order valence-corrected chi connectivity index (χ2v) is 5.25. The molecule has 2 aromatic carbocycles. The minimum absolute atomic E-state index is 0.439. The molecule has 1 N–H and O–H groups in total. The largest absolute Gasteiger partial charge is 0.456 e. The zero-order valence-corrected chi connectivity index (χ0v) is 12.3. The van der Waals surface area contributed by atoms with Gasteiger partial charge in [0, 0.05) is 12.5 Å². The number of hydrogen-bond donors (Lipinski definition) is 1. The molecule has 0 spiro atoms. The third-order valence-corrected chi connectivity index (χ3v) is 3.73. The van der Waals surface area contributed by atoms with E-state index in [0.717, 1.165) is 16.5 Å². The van der Waals surface area contributed by atoms with Gasteiger partial charge in [-0.05, 0) is 23.3 Å². The highest BCUT2D eigenvalue weighted by atomic mass is 35.5. The lowest BCUT2D eigenvalue weighted by Gasteiger charge is -2.13. The van der Waals surface area contributed by atoms with Crippen LogP contribution >= 0.6 is 11.6 Å². The average molecular weight is 303 g/mol. The first-order valence-corrected chi connectivity index (χ1v) is 7.01. The summed E-state index contributed by atoms with van der Waals surface area (Å²) in [7, 11) is 1.63. The van der Waals surface area contributed by atoms with E-state index in [0.29, 0.717) is 23.0 Å². The Morgan fingerprint density at radius 1 is 1.19 bits per heavy atom. The summed E-state index contributed by atoms with van der Waals surface area (Å²) in [6, 6.07) is 14.9. The molecule has 0 saturated heterocycles. The predicted octanol–water partition coefficient (Wildman–Crippen LogP) is 4.31. The van der Waals surface area contributed by atoms with Crippen molar-refractivity contribution in [2.45, 2.75) is 12.7 Å². The first kappa shape index (κ1) is 14.1. The zero-order chi connectivity index (χ0) is 14.8. The molecule has 0 aliphatic heterocycles. The number of methoxy groups -OCH3 is 1. The number of para-hydroxylation sites is 1. The van der Waals surface area contributed by atoms with Gasteiger partial charge in [-0.3, -0.25) is 0 Å². The smallest absolute Gasteiger partial charge is 0.153 e. The maximum atomic E-state index is 10.6. The molecule has 0 aliphatic carbocycles. The number of ether oxygens (including phenoxy) is 1. The van der Waals surface area contributed by atoms with E-state index in [1.54, 1.807) is 13.2 Å². The van der Waals surface area contributed by atoms with Crippen molar-refractivity contribution in [3.05, 3.63) is 70.4 Å². The lowest BCUT2D eigenvalue weighted by atomic mass is 10.0. The number of benzene rings is 2. The van der Waals surface area contributed by atoms with Gasteiger partial charge in [-0.15, -0.1) is 0 Å². The SMILES string of the molecule is COCc1ccccc1C(O)c1cc2cccc(Cl)c2o1. The van der Waals surface area contributed by atoms with E-state index in [2.05, 4.69) is 0 Å². The summed E-state index contributed by atoms with van der Waals surface area (Å²) in [5, 5.41) is 12.0. The van der Waals surface area contributed by atoms with Crippen LogP contribution in [0.15, 0.2) is 52.9 Å². The molecule has 1 unspecified atom stereocenters. The second kappa shape index (κ2) is 5.90. The van der Waals surface area contributed by atoms with E-state index in [9.17, 15) is 5.11 Å². The standard InChI is InChI=1S/C17H15ClO3/c1-20-10-12-5-2-3-7-13(12)16(19)15-9-11-6-4-8-14(18)17(11)21-15/h2-9,16,19H,10H2,1H3. The van der Waals surface area contributed by atoms with Crippen LogP contribution in [-0.2, 0) is 11.3 Å². The van der Waals surface area contributed by atoms with E-state index in [1.807, 2.05) is 42.5 Å². The van der Waals surface area contributed by atoms with Gasteiger partial charge in [0.15, 0.2) is 5.58 Å². The zero-order valence-electron chi connectivity index (χ0n) is 11.5. The Morgan fingerprint density at radius 3 is 2.76 bits per heavy atom. The van der Waals surface area contributed by atoms with Gasteiger partial charge in [-0.25, -0.2) is 0 Å². The van der Waals surface area contributed by atoms with Crippen LogP contribution in [0.1, 0.15) is 23.0 Å². The van der Waals surface area contributed by atoms with E-state index >= 15 is 0 Å². The van der Waals surface area contributed by atoms with Gasteiger partial charge in [-0.1, -0.05) is 48.0 Å². The molecule has 1 atom stereocenters. The molecule has 0 saturated carbocycles. The number of furan rings is 1. The Kier molecular flexibility index (Phi) is 3.97. The van der Waals surface area contributed by atoms with Crippen LogP contribution in [0.4, 0.5) is 0 Å². The summed E-state index contributed by atoms with van der Waals surface area (Å²) in [6.45, 7) is 0.439. The predicted molar refractivity (Wildman–Crippen MR) is 82.4 cm³/mol. The van der Waals surface area contributed by atoms with Crippen molar-refractivity contribution in [2.24, 2.45) is 0 Å². The van der Waals surface area contributed by atoms with Crippen LogP contribution in [0.2, 0.25) is 5.02 Å². The van der Waals surface area contributed by atoms with E-state index < -0.39 is 6.10 Å². The average Bonchev–Trinajstić information content (AvgIpc) is 2.93. The summed E-state index contributed by atoms with van der Waals surface area (Å²) < 4.78 is 10.9. The summed E-state index contributed by atoms with van der Waals surface area (Å²) >= 11 is 6.11. The third kappa shape index (κ3) is 2.68. The Morgan fingerprint density at radius 2 is 2.00 bits per heavy atom. The van der Waals surface area contributed by atoms with Gasteiger partial charge in [0.05, 0.1) is 11.6 Å². The van der Waals surface area contributed by atoms with Gasteiger partial charge in [-0.2, -0.15) is 0 Å². The summed E-state index contributed by atoms with van der Waals surface area (Å²) in [4.78, 5) is 0. The second-order valence-electron chi connectivity index (χ2n) is 4.84. The number of fused-ring (bicyclic) bond motifs is 1. The highest BCUT2D eigenvalue weighted by Crippen LogP contribution is 2.33. The molecule has 3 nitrogen and oxygen atoms in total. The molecule has 1 heterocycles. The molecule has 0 aliphatic rings. The Balaban J connectivity index is 2.04. The summed E-state index contributed by atoms with van der Waals surface area (Å²) in [6.07, 6.45) is -0.847. The van der Waals surface area contributed by atoms with Gasteiger partial charge >= 0.3 is 0 Å². The van der Waals surface area contributed by atoms with Crippen molar-refractivity contribution in [1.29, 1.82) is 0 Å². The third-order valence-electron chi connectivity index (χ3n) is 3.43. The number of rotatable bonds is 4. The highest BCUT2D eigenvalue weighted by molar-refractivity contribution is 6.34. The fraction of sp³-hybridized carbons (Fsp3) is 0.176. The topological polar surface area (TPSA) is 42.6 Å². The van der Waals surface area contributed by atoms with Crippen LogP contribution in [-0.4, -0.2) is 12.2 Å². The molecule has 4 heteroatoms. The summed E-state index contributed by atoms with van der Waals surface area (Å²) in [5.74, 6) is 0.474. The van der Waals surface area contributed by atoms with Crippen LogP contribution in [0.3, 0.4) is 0 Å². The molecule has 0 radical (unpaired) electrons. The molecule has 3 rings (SSSR count). The molecule has 21 heavy (non-hydrogen) atoms. The minimum atomic E-state index is -0.847. The molecule has 0 bridgehead atoms. The maximum absolute atomic E-state index is 10.6. The van der Waals surface area contributed by atoms with E-state index in [4.69, 9.17) is 20.8 Å². The lowest BCUT2D eigenvalue weighted by molar-refractivity contribution is 0.169. The van der Waals surface area contributed by atoms with E-state index in [-0.39, 0.29) is 0 Å². The van der Waals surface area contributed by atoms with Crippen molar-refractivity contribution in [3.63, 3.8) is 0 Å². The monoisotopic (exact) mass is 302 g/mol. The molecular weight excluding hydrogens is 288 g/mol. The van der Waals surface area contributed by atoms with E-state index in [1.165, 1.54) is 0 Å². The van der Waals surface area contributed by atoms with Crippen LogP contribution in [0.5, 0.6) is 0 Å². The number of hydrogen-bond acceptors (Lipinski definition) is 3. The molecule has 0 amide bonds. The van der Waals surface area contributed by atoms with Crippen molar-refractivity contribution in [1.82, 2.24) is 0 Å². The molecule has 1 aromatic heterocycles. The van der Waals surface area contributed by atoms with Crippen molar-refractivity contribution in [3.8, 4) is 0 Å². The number of aliphatic hydroxyl groups excluding tert-OH is 1. The van der Waals surface area contributed by atoms with Crippen LogP contribution in [0, 0.1) is 0 Å². The quantitative estimate of drug-likeness (QED) is 0.780. The first-order chi connectivity index (χ1) is 10.2. The normalized spacial score (nSPS) is 12.7. The molecule has 3 aromatic rings. The van der Waals surface area contributed by atoms with Crippen molar-refractivity contribution < 1.29 is 14.3 Å². The van der Waals surface area contributed by atoms with Crippen LogP contribution in [0.25, 0.3) is 11.0 Å². The molecule has 0 fully saturated rings. The fourth-order valence-electron chi connectivity index (χ4n) is 2.42. The lowest BCUT2D eigenvalue weighted by Crippen LogP contribution is -2.03. The van der Waals surface area contributed by atoms with Crippen molar-refractivity contribution >= 4 is 22.6 Å². The number of aliphatic hydroxyl groups is 1. The molecule has 108 valence electrons. The number of halogens is 1. The van der Waals surface area contributed by atoms with Gasteiger partial charge in [0.2, 0.25) is 0 Å². The summed E-state index contributed by atoms with van der Waals surface area (Å²) in [5.41, 5.74) is 2.30.